The molecule has 0 fully saturated rings. The first-order valence-corrected chi connectivity index (χ1v) is 12.8. The Hall–Kier alpha value is -2.07. The number of ether oxygens (including phenoxy) is 1. The minimum absolute atomic E-state index is 0.0298. The zero-order chi connectivity index (χ0) is 22.9. The van der Waals surface area contributed by atoms with Crippen molar-refractivity contribution < 1.29 is 22.7 Å². The van der Waals surface area contributed by atoms with E-state index >= 15 is 0 Å². The molecule has 1 atom stereocenters. The van der Waals surface area contributed by atoms with Gasteiger partial charge in [0.2, 0.25) is 15.9 Å². The van der Waals surface area contributed by atoms with Crippen molar-refractivity contribution in [2.45, 2.75) is 30.7 Å². The molecule has 0 saturated carbocycles. The number of hydrogen-bond donors (Lipinski definition) is 2. The predicted molar refractivity (Wildman–Crippen MR) is 124 cm³/mol. The summed E-state index contributed by atoms with van der Waals surface area (Å²) in [7, 11) is -3.90. The van der Waals surface area contributed by atoms with Gasteiger partial charge in [0, 0.05) is 10.7 Å². The SMILES string of the molecule is CCOC(=O)Cc1ccc(NC(=O)C(CCSC)NS(=O)(=O)c2ccc(Cl)cc2)cc1. The Labute approximate surface area is 191 Å². The lowest BCUT2D eigenvalue weighted by atomic mass is 10.1. The van der Waals surface area contributed by atoms with Gasteiger partial charge in [-0.25, -0.2) is 8.42 Å². The Balaban J connectivity index is 2.08. The Morgan fingerprint density at radius 2 is 1.74 bits per heavy atom. The maximum atomic E-state index is 12.8. The minimum atomic E-state index is -3.90. The van der Waals surface area contributed by atoms with Crippen molar-refractivity contribution in [3.05, 3.63) is 59.1 Å². The van der Waals surface area contributed by atoms with Crippen LogP contribution in [0.2, 0.25) is 5.02 Å². The van der Waals surface area contributed by atoms with E-state index in [1.165, 1.54) is 36.0 Å². The second-order valence-corrected chi connectivity index (χ2v) is 9.71. The smallest absolute Gasteiger partial charge is 0.310 e. The number of sulfonamides is 1. The van der Waals surface area contributed by atoms with Crippen molar-refractivity contribution in [1.29, 1.82) is 0 Å². The first kappa shape index (κ1) is 25.2. The number of anilines is 1. The maximum absolute atomic E-state index is 12.8. The fourth-order valence-electron chi connectivity index (χ4n) is 2.66. The molecule has 0 saturated heterocycles. The third-order valence-electron chi connectivity index (χ3n) is 4.22. The Kier molecular flexibility index (Phi) is 9.83. The van der Waals surface area contributed by atoms with E-state index in [-0.39, 0.29) is 17.3 Å². The molecule has 7 nitrogen and oxygen atoms in total. The summed E-state index contributed by atoms with van der Waals surface area (Å²) in [6.45, 7) is 2.06. The van der Waals surface area contributed by atoms with E-state index in [1.54, 1.807) is 31.2 Å². The van der Waals surface area contributed by atoms with Gasteiger partial charge in [-0.05, 0) is 67.3 Å². The summed E-state index contributed by atoms with van der Waals surface area (Å²) in [5.74, 6) is -0.197. The van der Waals surface area contributed by atoms with Gasteiger partial charge < -0.3 is 10.1 Å². The summed E-state index contributed by atoms with van der Waals surface area (Å²) < 4.78 is 32.8. The molecule has 1 unspecified atom stereocenters. The highest BCUT2D eigenvalue weighted by Crippen LogP contribution is 2.16. The van der Waals surface area contributed by atoms with Crippen LogP contribution in [0.3, 0.4) is 0 Å². The number of thioether (sulfide) groups is 1. The second-order valence-electron chi connectivity index (χ2n) is 6.58. The van der Waals surface area contributed by atoms with E-state index in [0.29, 0.717) is 29.5 Å². The molecule has 0 spiro atoms. The summed E-state index contributed by atoms with van der Waals surface area (Å²) in [5.41, 5.74) is 1.25. The van der Waals surface area contributed by atoms with Crippen molar-refractivity contribution in [1.82, 2.24) is 4.72 Å². The average molecular weight is 485 g/mol. The standard InChI is InChI=1S/C21H25ClN2O5S2/c1-3-29-20(25)14-15-4-8-17(9-5-15)23-21(26)19(12-13-30-2)24-31(27,28)18-10-6-16(22)7-11-18/h4-11,19,24H,3,12-14H2,1-2H3,(H,23,26). The van der Waals surface area contributed by atoms with Gasteiger partial charge in [0.05, 0.1) is 17.9 Å². The van der Waals surface area contributed by atoms with Gasteiger partial charge in [0.15, 0.2) is 0 Å². The van der Waals surface area contributed by atoms with Crippen LogP contribution in [0.1, 0.15) is 18.9 Å². The zero-order valence-corrected chi connectivity index (χ0v) is 19.6. The van der Waals surface area contributed by atoms with Gasteiger partial charge in [-0.3, -0.25) is 9.59 Å². The van der Waals surface area contributed by atoms with Crippen LogP contribution in [-0.2, 0) is 30.8 Å². The Morgan fingerprint density at radius 1 is 1.10 bits per heavy atom. The van der Waals surface area contributed by atoms with Crippen LogP contribution in [0.15, 0.2) is 53.4 Å². The number of benzene rings is 2. The Morgan fingerprint density at radius 3 is 2.32 bits per heavy atom. The lowest BCUT2D eigenvalue weighted by molar-refractivity contribution is -0.142. The van der Waals surface area contributed by atoms with Gasteiger partial charge in [-0.1, -0.05) is 23.7 Å². The van der Waals surface area contributed by atoms with Gasteiger partial charge in [0.25, 0.3) is 0 Å². The highest BCUT2D eigenvalue weighted by Gasteiger charge is 2.25. The molecule has 2 aromatic carbocycles. The highest BCUT2D eigenvalue weighted by atomic mass is 35.5. The average Bonchev–Trinajstić information content (AvgIpc) is 2.73. The molecule has 10 heteroatoms. The summed E-state index contributed by atoms with van der Waals surface area (Å²) >= 11 is 7.34. The first-order chi connectivity index (χ1) is 14.7. The normalized spacial score (nSPS) is 12.2. The number of carbonyl (C=O) groups is 2. The lowest BCUT2D eigenvalue weighted by Gasteiger charge is -2.18. The van der Waals surface area contributed by atoms with Crippen molar-refractivity contribution in [2.75, 3.05) is 23.9 Å². The molecule has 0 aliphatic heterocycles. The molecule has 2 rings (SSSR count). The number of rotatable bonds is 11. The third-order valence-corrected chi connectivity index (χ3v) is 6.61. The molecule has 31 heavy (non-hydrogen) atoms. The number of nitrogens with one attached hydrogen (secondary N) is 2. The van der Waals surface area contributed by atoms with Crippen LogP contribution in [0.5, 0.6) is 0 Å². The van der Waals surface area contributed by atoms with E-state index in [1.807, 2.05) is 6.26 Å². The maximum Gasteiger partial charge on any atom is 0.310 e. The van der Waals surface area contributed by atoms with Gasteiger partial charge in [0.1, 0.15) is 6.04 Å². The number of carbonyl (C=O) groups excluding carboxylic acids is 2. The van der Waals surface area contributed by atoms with Gasteiger partial charge in [-0.15, -0.1) is 0 Å². The van der Waals surface area contributed by atoms with E-state index in [0.717, 1.165) is 5.56 Å². The molecular formula is C21H25ClN2O5S2. The van der Waals surface area contributed by atoms with Crippen LogP contribution in [0, 0.1) is 0 Å². The molecule has 0 aromatic heterocycles. The Bertz CT molecular complexity index is 980. The molecule has 2 N–H and O–H groups in total. The molecule has 0 bridgehead atoms. The van der Waals surface area contributed by atoms with Gasteiger partial charge in [-0.2, -0.15) is 16.5 Å². The van der Waals surface area contributed by atoms with Crippen LogP contribution < -0.4 is 10.0 Å². The topological polar surface area (TPSA) is 102 Å². The summed E-state index contributed by atoms with van der Waals surface area (Å²) in [5, 5.41) is 3.15. The predicted octanol–water partition coefficient (Wildman–Crippen LogP) is 3.48. The molecule has 0 aliphatic carbocycles. The molecule has 168 valence electrons. The molecule has 0 heterocycles. The summed E-state index contributed by atoms with van der Waals surface area (Å²) in [6.07, 6.45) is 2.34. The third kappa shape index (κ3) is 8.17. The van der Waals surface area contributed by atoms with E-state index in [2.05, 4.69) is 10.0 Å². The molecule has 1 amide bonds. The fourth-order valence-corrected chi connectivity index (χ4v) is 4.49. The quantitative estimate of drug-likeness (QED) is 0.473. The number of hydrogen-bond acceptors (Lipinski definition) is 6. The van der Waals surface area contributed by atoms with E-state index < -0.39 is 22.0 Å². The van der Waals surface area contributed by atoms with Crippen molar-refractivity contribution in [3.8, 4) is 0 Å². The molecule has 0 aliphatic rings. The molecular weight excluding hydrogens is 460 g/mol. The largest absolute Gasteiger partial charge is 0.466 e. The fraction of sp³-hybridized carbons (Fsp3) is 0.333. The van der Waals surface area contributed by atoms with Crippen molar-refractivity contribution in [3.63, 3.8) is 0 Å². The minimum Gasteiger partial charge on any atom is -0.466 e. The summed E-state index contributed by atoms with van der Waals surface area (Å²) in [6, 6.07) is 11.5. The number of amides is 1. The van der Waals surface area contributed by atoms with Crippen molar-refractivity contribution in [2.24, 2.45) is 0 Å². The van der Waals surface area contributed by atoms with Gasteiger partial charge >= 0.3 is 5.97 Å². The molecule has 0 radical (unpaired) electrons. The molecule has 2 aromatic rings. The number of halogens is 1. The first-order valence-electron chi connectivity index (χ1n) is 9.57. The van der Waals surface area contributed by atoms with Crippen LogP contribution in [0.4, 0.5) is 5.69 Å². The highest BCUT2D eigenvalue weighted by molar-refractivity contribution is 7.98. The number of esters is 1. The lowest BCUT2D eigenvalue weighted by Crippen LogP contribution is -2.44. The van der Waals surface area contributed by atoms with E-state index in [4.69, 9.17) is 16.3 Å². The zero-order valence-electron chi connectivity index (χ0n) is 17.3. The van der Waals surface area contributed by atoms with Crippen LogP contribution >= 0.6 is 23.4 Å². The van der Waals surface area contributed by atoms with E-state index in [9.17, 15) is 18.0 Å². The monoisotopic (exact) mass is 484 g/mol. The van der Waals surface area contributed by atoms with Crippen LogP contribution in [-0.4, -0.2) is 45.0 Å². The second kappa shape index (κ2) is 12.1. The van der Waals surface area contributed by atoms with Crippen LogP contribution in [0.25, 0.3) is 0 Å². The summed E-state index contributed by atoms with van der Waals surface area (Å²) in [4.78, 5) is 24.4. The van der Waals surface area contributed by atoms with Crippen molar-refractivity contribution >= 4 is 50.9 Å².